The van der Waals surface area contributed by atoms with Crippen LogP contribution in [0.4, 0.5) is 10.2 Å². The molecule has 0 amide bonds. The van der Waals surface area contributed by atoms with Gasteiger partial charge >= 0.3 is 0 Å². The number of anilines is 1. The molecule has 0 aliphatic heterocycles. The average molecular weight is 375 g/mol. The zero-order valence-corrected chi connectivity index (χ0v) is 15.0. The second-order valence-electron chi connectivity index (χ2n) is 7.11. The molecule has 4 aromatic rings. The van der Waals surface area contributed by atoms with Crippen molar-refractivity contribution in [3.63, 3.8) is 0 Å². The van der Waals surface area contributed by atoms with Crippen LogP contribution in [0.2, 0.25) is 0 Å². The van der Waals surface area contributed by atoms with Crippen molar-refractivity contribution in [2.24, 2.45) is 0 Å². The van der Waals surface area contributed by atoms with E-state index in [-0.39, 0.29) is 17.6 Å². The second kappa shape index (κ2) is 6.30. The summed E-state index contributed by atoms with van der Waals surface area (Å²) in [4.78, 5) is 8.57. The van der Waals surface area contributed by atoms with Gasteiger partial charge in [0.2, 0.25) is 0 Å². The summed E-state index contributed by atoms with van der Waals surface area (Å²) in [5, 5.41) is 15.1. The summed E-state index contributed by atoms with van der Waals surface area (Å²) in [6.07, 6.45) is 3.86. The number of hydrogen-bond acceptors (Lipinski definition) is 5. The Morgan fingerprint density at radius 2 is 1.89 bits per heavy atom. The smallest absolute Gasteiger partial charge is 0.164 e. The summed E-state index contributed by atoms with van der Waals surface area (Å²) in [7, 11) is 0. The Morgan fingerprint density at radius 1 is 1.07 bits per heavy atom. The maximum atomic E-state index is 13.7. The molecular weight excluding hydrogens is 357 g/mol. The molecule has 5 rings (SSSR count). The fraction of sp³-hybridized carbons (Fsp3) is 0.190. The molecule has 0 bridgehead atoms. The molecule has 2 heterocycles. The maximum Gasteiger partial charge on any atom is 0.164 e. The number of fused-ring (bicyclic) bond motifs is 2. The first-order valence-electron chi connectivity index (χ1n) is 9.15. The Morgan fingerprint density at radius 3 is 2.71 bits per heavy atom. The van der Waals surface area contributed by atoms with Gasteiger partial charge in [0, 0.05) is 5.56 Å². The van der Waals surface area contributed by atoms with Gasteiger partial charge in [-0.2, -0.15) is 5.10 Å². The van der Waals surface area contributed by atoms with Crippen molar-refractivity contribution in [2.75, 3.05) is 5.73 Å². The maximum absolute atomic E-state index is 13.7. The number of halogens is 1. The molecule has 1 aliphatic carbocycles. The molecule has 2 aromatic heterocycles. The highest BCUT2D eigenvalue weighted by molar-refractivity contribution is 5.98. The summed E-state index contributed by atoms with van der Waals surface area (Å²) in [5.74, 6) is 0.324. The molecule has 0 fully saturated rings. The number of aromatic nitrogens is 4. The van der Waals surface area contributed by atoms with E-state index in [4.69, 9.17) is 10.8 Å². The van der Waals surface area contributed by atoms with Crippen LogP contribution in [0.1, 0.15) is 23.6 Å². The molecule has 1 unspecified atom stereocenters. The minimum Gasteiger partial charge on any atom is -0.508 e. The number of rotatable bonds is 2. The molecule has 0 saturated carbocycles. The topological polar surface area (TPSA) is 89.8 Å². The highest BCUT2D eigenvalue weighted by Gasteiger charge is 2.26. The minimum absolute atomic E-state index is 0.0527. The Bertz CT molecular complexity index is 1190. The van der Waals surface area contributed by atoms with E-state index < -0.39 is 0 Å². The number of nitrogens with zero attached hydrogens (tertiary/aromatic N) is 4. The summed E-state index contributed by atoms with van der Waals surface area (Å²) >= 11 is 0. The SMILES string of the molecule is Nc1ncnc2c1c(-c1ccc(O)cc1)nn2C1CCc2ccc(F)cc2C1. The number of hydrogen-bond donors (Lipinski definition) is 2. The Hall–Kier alpha value is -3.48. The number of phenolic OH excluding ortho intramolecular Hbond substituents is 1. The van der Waals surface area contributed by atoms with Crippen LogP contribution in [0.3, 0.4) is 0 Å². The lowest BCUT2D eigenvalue weighted by Crippen LogP contribution is -2.20. The van der Waals surface area contributed by atoms with Gasteiger partial charge < -0.3 is 10.8 Å². The number of nitrogen functional groups attached to an aromatic ring is 1. The highest BCUT2D eigenvalue weighted by atomic mass is 19.1. The fourth-order valence-corrected chi connectivity index (χ4v) is 3.99. The van der Waals surface area contributed by atoms with Crippen LogP contribution < -0.4 is 5.73 Å². The third-order valence-corrected chi connectivity index (χ3v) is 5.38. The molecule has 7 heteroatoms. The Labute approximate surface area is 160 Å². The zero-order chi connectivity index (χ0) is 19.3. The first kappa shape index (κ1) is 16.7. The Balaban J connectivity index is 1.65. The van der Waals surface area contributed by atoms with Crippen LogP contribution in [0, 0.1) is 5.82 Å². The Kier molecular flexibility index (Phi) is 3.75. The summed E-state index contributed by atoms with van der Waals surface area (Å²) in [5.41, 5.74) is 10.5. The first-order valence-corrected chi connectivity index (χ1v) is 9.15. The molecule has 28 heavy (non-hydrogen) atoms. The van der Waals surface area contributed by atoms with Crippen LogP contribution in [-0.4, -0.2) is 24.9 Å². The average Bonchev–Trinajstić information content (AvgIpc) is 3.09. The molecule has 6 nitrogen and oxygen atoms in total. The molecular formula is C21H18FN5O. The largest absolute Gasteiger partial charge is 0.508 e. The van der Waals surface area contributed by atoms with Crippen LogP contribution in [0.25, 0.3) is 22.3 Å². The van der Waals surface area contributed by atoms with E-state index >= 15 is 0 Å². The van der Waals surface area contributed by atoms with Gasteiger partial charge in [-0.25, -0.2) is 19.0 Å². The summed E-state index contributed by atoms with van der Waals surface area (Å²) in [6, 6.07) is 11.8. The quantitative estimate of drug-likeness (QED) is 0.558. The predicted molar refractivity (Wildman–Crippen MR) is 104 cm³/mol. The highest BCUT2D eigenvalue weighted by Crippen LogP contribution is 2.36. The van der Waals surface area contributed by atoms with E-state index in [1.54, 1.807) is 30.3 Å². The standard InChI is InChI=1S/C21H18FN5O/c22-15-5-1-12-2-6-16(10-14(12)9-15)27-21-18(20(23)24-11-25-21)19(26-27)13-3-7-17(28)8-4-13/h1,3-5,7-9,11,16,28H,2,6,10H2,(H2,23,24,25). The minimum atomic E-state index is -0.221. The van der Waals surface area contributed by atoms with E-state index in [2.05, 4.69) is 9.97 Å². The fourth-order valence-electron chi connectivity index (χ4n) is 3.99. The molecule has 0 saturated heterocycles. The van der Waals surface area contributed by atoms with Gasteiger partial charge in [0.15, 0.2) is 5.65 Å². The number of phenols is 1. The molecule has 1 atom stereocenters. The lowest BCUT2D eigenvalue weighted by molar-refractivity contribution is 0.413. The zero-order valence-electron chi connectivity index (χ0n) is 15.0. The van der Waals surface area contributed by atoms with Crippen LogP contribution in [-0.2, 0) is 12.8 Å². The molecule has 0 spiro atoms. The second-order valence-corrected chi connectivity index (χ2v) is 7.11. The monoisotopic (exact) mass is 375 g/mol. The van der Waals surface area contributed by atoms with Gasteiger partial charge in [-0.15, -0.1) is 0 Å². The van der Waals surface area contributed by atoms with E-state index in [1.165, 1.54) is 18.0 Å². The lowest BCUT2D eigenvalue weighted by atomic mass is 9.88. The van der Waals surface area contributed by atoms with Crippen LogP contribution in [0.15, 0.2) is 48.8 Å². The first-order chi connectivity index (χ1) is 13.6. The molecule has 2 aromatic carbocycles. The normalized spacial score (nSPS) is 16.2. The third-order valence-electron chi connectivity index (χ3n) is 5.38. The number of aromatic hydroxyl groups is 1. The van der Waals surface area contributed by atoms with Gasteiger partial charge in [0.25, 0.3) is 0 Å². The van der Waals surface area contributed by atoms with E-state index in [0.717, 1.165) is 24.0 Å². The summed E-state index contributed by atoms with van der Waals surface area (Å²) in [6.45, 7) is 0. The van der Waals surface area contributed by atoms with Gasteiger partial charge in [-0.1, -0.05) is 6.07 Å². The number of nitrogens with two attached hydrogens (primary N) is 1. The number of benzene rings is 2. The van der Waals surface area contributed by atoms with Gasteiger partial charge in [-0.05, 0) is 66.8 Å². The van der Waals surface area contributed by atoms with Crippen molar-refractivity contribution in [3.8, 4) is 17.0 Å². The van der Waals surface area contributed by atoms with Crippen molar-refractivity contribution >= 4 is 16.9 Å². The molecule has 140 valence electrons. The van der Waals surface area contributed by atoms with E-state index in [0.29, 0.717) is 29.0 Å². The van der Waals surface area contributed by atoms with Crippen molar-refractivity contribution in [1.29, 1.82) is 0 Å². The molecule has 0 radical (unpaired) electrons. The van der Waals surface area contributed by atoms with Crippen molar-refractivity contribution < 1.29 is 9.50 Å². The van der Waals surface area contributed by atoms with E-state index in [9.17, 15) is 9.50 Å². The van der Waals surface area contributed by atoms with Crippen LogP contribution in [0.5, 0.6) is 5.75 Å². The van der Waals surface area contributed by atoms with Gasteiger partial charge in [-0.3, -0.25) is 0 Å². The molecule has 1 aliphatic rings. The van der Waals surface area contributed by atoms with Crippen molar-refractivity contribution in [1.82, 2.24) is 19.7 Å². The lowest BCUT2D eigenvalue weighted by Gasteiger charge is -2.25. The van der Waals surface area contributed by atoms with Crippen LogP contribution >= 0.6 is 0 Å². The molecule has 3 N–H and O–H groups in total. The van der Waals surface area contributed by atoms with Crippen molar-refractivity contribution in [2.45, 2.75) is 25.3 Å². The predicted octanol–water partition coefficient (Wildman–Crippen LogP) is 3.65. The van der Waals surface area contributed by atoms with Crippen molar-refractivity contribution in [3.05, 3.63) is 65.7 Å². The summed E-state index contributed by atoms with van der Waals surface area (Å²) < 4.78 is 15.6. The third kappa shape index (κ3) is 2.67. The number of aryl methyl sites for hydroxylation is 1. The van der Waals surface area contributed by atoms with Gasteiger partial charge in [0.05, 0.1) is 11.4 Å². The van der Waals surface area contributed by atoms with E-state index in [1.807, 2.05) is 10.7 Å². The van der Waals surface area contributed by atoms with Gasteiger partial charge in [0.1, 0.15) is 29.4 Å².